The van der Waals surface area contributed by atoms with Crippen LogP contribution in [-0.2, 0) is 0 Å². The Morgan fingerprint density at radius 2 is 1.88 bits per heavy atom. The van der Waals surface area contributed by atoms with Gasteiger partial charge >= 0.3 is 0 Å². The van der Waals surface area contributed by atoms with Crippen molar-refractivity contribution in [2.45, 2.75) is 38.0 Å². The van der Waals surface area contributed by atoms with Gasteiger partial charge < -0.3 is 5.11 Å². The molecule has 88 valence electrons. The number of aromatic nitrogens is 2. The molecule has 0 spiro atoms. The second-order valence-electron chi connectivity index (χ2n) is 4.80. The highest BCUT2D eigenvalue weighted by molar-refractivity contribution is 5.82. The zero-order valence-corrected chi connectivity index (χ0v) is 9.76. The lowest BCUT2D eigenvalue weighted by Crippen LogP contribution is -2.07. The van der Waals surface area contributed by atoms with E-state index in [0.717, 1.165) is 16.6 Å². The fourth-order valence-corrected chi connectivity index (χ4v) is 2.77. The molecule has 1 aliphatic carbocycles. The number of hydrogen-bond donors (Lipinski definition) is 1. The maximum absolute atomic E-state index is 9.47. The maximum atomic E-state index is 9.47. The standard InChI is InChI=1S/C14H16N2O/c17-11-6-7-12-13(8-11)15-9-16-14(12)10-4-2-1-3-5-10/h6-10,17H,1-5H2. The predicted octanol–water partition coefficient (Wildman–Crippen LogP) is 3.38. The van der Waals surface area contributed by atoms with Crippen LogP contribution in [-0.4, -0.2) is 15.1 Å². The first-order valence-electron chi connectivity index (χ1n) is 6.28. The van der Waals surface area contributed by atoms with Crippen molar-refractivity contribution in [3.8, 4) is 5.75 Å². The van der Waals surface area contributed by atoms with Crippen molar-refractivity contribution >= 4 is 10.9 Å². The highest BCUT2D eigenvalue weighted by atomic mass is 16.3. The Balaban J connectivity index is 2.09. The number of phenolic OH excluding ortho intramolecular Hbond substituents is 1. The van der Waals surface area contributed by atoms with Crippen LogP contribution in [0.5, 0.6) is 5.75 Å². The van der Waals surface area contributed by atoms with Gasteiger partial charge in [-0.2, -0.15) is 0 Å². The monoisotopic (exact) mass is 228 g/mol. The van der Waals surface area contributed by atoms with Crippen LogP contribution in [0.25, 0.3) is 10.9 Å². The van der Waals surface area contributed by atoms with Gasteiger partial charge in [-0.15, -0.1) is 0 Å². The van der Waals surface area contributed by atoms with Gasteiger partial charge in [-0.3, -0.25) is 0 Å². The minimum Gasteiger partial charge on any atom is -0.508 e. The van der Waals surface area contributed by atoms with E-state index in [2.05, 4.69) is 9.97 Å². The summed E-state index contributed by atoms with van der Waals surface area (Å²) in [6, 6.07) is 5.37. The van der Waals surface area contributed by atoms with E-state index in [1.807, 2.05) is 6.07 Å². The van der Waals surface area contributed by atoms with E-state index in [-0.39, 0.29) is 5.75 Å². The summed E-state index contributed by atoms with van der Waals surface area (Å²) in [5.74, 6) is 0.838. The Labute approximate surface area is 101 Å². The van der Waals surface area contributed by atoms with Crippen LogP contribution < -0.4 is 0 Å². The van der Waals surface area contributed by atoms with Gasteiger partial charge in [-0.05, 0) is 25.0 Å². The molecule has 0 radical (unpaired) electrons. The van der Waals surface area contributed by atoms with E-state index >= 15 is 0 Å². The molecule has 1 aliphatic rings. The average molecular weight is 228 g/mol. The Morgan fingerprint density at radius 3 is 2.71 bits per heavy atom. The lowest BCUT2D eigenvalue weighted by molar-refractivity contribution is 0.438. The van der Waals surface area contributed by atoms with Gasteiger partial charge in [-0.25, -0.2) is 9.97 Å². The number of nitrogens with zero attached hydrogens (tertiary/aromatic N) is 2. The quantitative estimate of drug-likeness (QED) is 0.813. The first kappa shape index (κ1) is 10.5. The normalized spacial score (nSPS) is 17.4. The Bertz CT molecular complexity index is 533. The number of fused-ring (bicyclic) bond motifs is 1. The van der Waals surface area contributed by atoms with Gasteiger partial charge in [-0.1, -0.05) is 19.3 Å². The fraction of sp³-hybridized carbons (Fsp3) is 0.429. The van der Waals surface area contributed by atoms with Gasteiger partial charge in [0.25, 0.3) is 0 Å². The molecule has 3 nitrogen and oxygen atoms in total. The van der Waals surface area contributed by atoms with Crippen molar-refractivity contribution in [1.29, 1.82) is 0 Å². The molecular formula is C14H16N2O. The number of hydrogen-bond acceptors (Lipinski definition) is 3. The van der Waals surface area contributed by atoms with Crippen LogP contribution in [0.1, 0.15) is 43.7 Å². The zero-order chi connectivity index (χ0) is 11.7. The molecule has 3 heteroatoms. The fourth-order valence-electron chi connectivity index (χ4n) is 2.77. The van der Waals surface area contributed by atoms with Crippen LogP contribution in [0.2, 0.25) is 0 Å². The highest BCUT2D eigenvalue weighted by Crippen LogP contribution is 2.34. The topological polar surface area (TPSA) is 46.0 Å². The molecule has 1 aromatic carbocycles. The van der Waals surface area contributed by atoms with Gasteiger partial charge in [0.1, 0.15) is 12.1 Å². The lowest BCUT2D eigenvalue weighted by Gasteiger charge is -2.21. The van der Waals surface area contributed by atoms with Gasteiger partial charge in [0.15, 0.2) is 0 Å². The van der Waals surface area contributed by atoms with Crippen molar-refractivity contribution in [2.24, 2.45) is 0 Å². The molecule has 0 bridgehead atoms. The molecule has 0 amide bonds. The van der Waals surface area contributed by atoms with Crippen LogP contribution in [0.15, 0.2) is 24.5 Å². The number of benzene rings is 1. The third-order valence-corrected chi connectivity index (χ3v) is 3.64. The molecular weight excluding hydrogens is 212 g/mol. The molecule has 1 N–H and O–H groups in total. The molecule has 17 heavy (non-hydrogen) atoms. The van der Waals surface area contributed by atoms with Crippen LogP contribution in [0, 0.1) is 0 Å². The highest BCUT2D eigenvalue weighted by Gasteiger charge is 2.19. The zero-order valence-electron chi connectivity index (χ0n) is 9.76. The molecule has 1 saturated carbocycles. The molecule has 0 atom stereocenters. The Morgan fingerprint density at radius 1 is 1.06 bits per heavy atom. The molecule has 1 heterocycles. The number of aromatic hydroxyl groups is 1. The van der Waals surface area contributed by atoms with Gasteiger partial charge in [0.05, 0.1) is 11.2 Å². The van der Waals surface area contributed by atoms with E-state index in [1.165, 1.54) is 32.1 Å². The van der Waals surface area contributed by atoms with Gasteiger partial charge in [0, 0.05) is 17.4 Å². The van der Waals surface area contributed by atoms with E-state index < -0.39 is 0 Å². The number of rotatable bonds is 1. The van der Waals surface area contributed by atoms with Crippen molar-refractivity contribution in [2.75, 3.05) is 0 Å². The van der Waals surface area contributed by atoms with E-state index in [0.29, 0.717) is 5.92 Å². The van der Waals surface area contributed by atoms with Crippen molar-refractivity contribution < 1.29 is 5.11 Å². The lowest BCUT2D eigenvalue weighted by atomic mass is 9.85. The summed E-state index contributed by atoms with van der Waals surface area (Å²) in [4.78, 5) is 8.69. The summed E-state index contributed by atoms with van der Waals surface area (Å²) < 4.78 is 0. The smallest absolute Gasteiger partial charge is 0.117 e. The molecule has 2 aromatic rings. The van der Waals surface area contributed by atoms with Crippen molar-refractivity contribution in [3.63, 3.8) is 0 Å². The molecule has 0 unspecified atom stereocenters. The summed E-state index contributed by atoms with van der Waals surface area (Å²) in [6.45, 7) is 0. The summed E-state index contributed by atoms with van der Waals surface area (Å²) in [7, 11) is 0. The summed E-state index contributed by atoms with van der Waals surface area (Å²) in [6.07, 6.45) is 8.02. The maximum Gasteiger partial charge on any atom is 0.117 e. The molecule has 1 aromatic heterocycles. The number of phenols is 1. The Hall–Kier alpha value is -1.64. The van der Waals surface area contributed by atoms with Crippen LogP contribution in [0.4, 0.5) is 0 Å². The second-order valence-corrected chi connectivity index (χ2v) is 4.80. The van der Waals surface area contributed by atoms with E-state index in [4.69, 9.17) is 0 Å². The summed E-state index contributed by atoms with van der Waals surface area (Å²) in [5, 5.41) is 10.6. The van der Waals surface area contributed by atoms with E-state index in [9.17, 15) is 5.11 Å². The minimum absolute atomic E-state index is 0.269. The first-order chi connectivity index (χ1) is 8.34. The molecule has 0 aliphatic heterocycles. The first-order valence-corrected chi connectivity index (χ1v) is 6.28. The largest absolute Gasteiger partial charge is 0.508 e. The van der Waals surface area contributed by atoms with Crippen LogP contribution in [0.3, 0.4) is 0 Å². The third-order valence-electron chi connectivity index (χ3n) is 3.64. The van der Waals surface area contributed by atoms with Crippen LogP contribution >= 0.6 is 0 Å². The van der Waals surface area contributed by atoms with Gasteiger partial charge in [0.2, 0.25) is 0 Å². The minimum atomic E-state index is 0.269. The van der Waals surface area contributed by atoms with E-state index in [1.54, 1.807) is 18.5 Å². The average Bonchev–Trinajstić information content (AvgIpc) is 2.39. The summed E-state index contributed by atoms with van der Waals surface area (Å²) >= 11 is 0. The van der Waals surface area contributed by atoms with Crippen molar-refractivity contribution in [3.05, 3.63) is 30.2 Å². The third kappa shape index (κ3) is 1.97. The molecule has 3 rings (SSSR count). The SMILES string of the molecule is Oc1ccc2c(C3CCCCC3)ncnc2c1. The molecule has 0 saturated heterocycles. The van der Waals surface area contributed by atoms with Crippen molar-refractivity contribution in [1.82, 2.24) is 9.97 Å². The summed E-state index contributed by atoms with van der Waals surface area (Å²) in [5.41, 5.74) is 2.01. The second kappa shape index (κ2) is 4.32. The molecule has 1 fully saturated rings. The predicted molar refractivity (Wildman–Crippen MR) is 67.0 cm³/mol. The Kier molecular flexibility index (Phi) is 2.67.